The van der Waals surface area contributed by atoms with Crippen molar-refractivity contribution in [1.82, 2.24) is 4.90 Å². The van der Waals surface area contributed by atoms with Crippen LogP contribution in [0.4, 0.5) is 5.69 Å². The van der Waals surface area contributed by atoms with Gasteiger partial charge in [0.15, 0.2) is 6.79 Å². The maximum atomic E-state index is 13.6. The van der Waals surface area contributed by atoms with E-state index in [4.69, 9.17) is 9.47 Å². The SMILES string of the molecule is CCOCOc1cccc(C(CS(C)(=O)=O)N2C(=O)c3cccc(N(S(C)(=O)=O)S(C)(=O)=O)c3C2=O)c1. The Morgan fingerprint density at radius 2 is 1.51 bits per heavy atom. The first-order valence-electron chi connectivity index (χ1n) is 10.8. The lowest BCUT2D eigenvalue weighted by Gasteiger charge is -2.27. The number of nitrogens with zero attached hydrogens (tertiary/aromatic N) is 2. The highest BCUT2D eigenvalue weighted by molar-refractivity contribution is 8.09. The van der Waals surface area contributed by atoms with Crippen LogP contribution in [0.3, 0.4) is 0 Å². The first-order chi connectivity index (χ1) is 17.1. The summed E-state index contributed by atoms with van der Waals surface area (Å²) < 4.78 is 84.8. The maximum Gasteiger partial charge on any atom is 0.264 e. The number of hydrogen-bond donors (Lipinski definition) is 0. The molecule has 1 unspecified atom stereocenters. The third kappa shape index (κ3) is 6.29. The second-order valence-corrected chi connectivity index (χ2v) is 14.4. The normalized spacial score (nSPS) is 15.0. The van der Waals surface area contributed by atoms with Gasteiger partial charge < -0.3 is 9.47 Å². The average Bonchev–Trinajstić information content (AvgIpc) is 3.01. The minimum absolute atomic E-state index is 0.0707. The Morgan fingerprint density at radius 1 is 0.892 bits per heavy atom. The molecule has 1 aliphatic rings. The lowest BCUT2D eigenvalue weighted by molar-refractivity contribution is 0.0222. The molecule has 0 bridgehead atoms. The summed E-state index contributed by atoms with van der Waals surface area (Å²) in [5, 5.41) is 0. The van der Waals surface area contributed by atoms with Crippen LogP contribution in [0.5, 0.6) is 5.75 Å². The first kappa shape index (κ1) is 28.6. The molecule has 0 radical (unpaired) electrons. The minimum Gasteiger partial charge on any atom is -0.468 e. The van der Waals surface area contributed by atoms with E-state index in [2.05, 4.69) is 0 Å². The molecule has 2 aromatic carbocycles. The van der Waals surface area contributed by atoms with Gasteiger partial charge in [-0.15, -0.1) is 0 Å². The Labute approximate surface area is 215 Å². The second-order valence-electron chi connectivity index (χ2n) is 8.34. The van der Waals surface area contributed by atoms with E-state index < -0.39 is 64.7 Å². The number of imide groups is 1. The summed E-state index contributed by atoms with van der Waals surface area (Å²) in [6.07, 6.45) is 2.23. The average molecular weight is 575 g/mol. The fourth-order valence-electron chi connectivity index (χ4n) is 3.94. The van der Waals surface area contributed by atoms with Crippen molar-refractivity contribution in [2.75, 3.05) is 41.6 Å². The van der Waals surface area contributed by atoms with E-state index in [1.165, 1.54) is 24.3 Å². The largest absolute Gasteiger partial charge is 0.468 e. The molecular weight excluding hydrogens is 548 g/mol. The van der Waals surface area contributed by atoms with Crippen LogP contribution in [-0.4, -0.2) is 79.9 Å². The summed E-state index contributed by atoms with van der Waals surface area (Å²) in [5.41, 5.74) is -1.01. The van der Waals surface area contributed by atoms with Crippen molar-refractivity contribution < 1.29 is 44.3 Å². The molecule has 2 aromatic rings. The molecule has 0 fully saturated rings. The van der Waals surface area contributed by atoms with Crippen LogP contribution in [-0.2, 0) is 34.6 Å². The highest BCUT2D eigenvalue weighted by atomic mass is 32.3. The van der Waals surface area contributed by atoms with Crippen LogP contribution in [0.1, 0.15) is 39.2 Å². The van der Waals surface area contributed by atoms with Gasteiger partial charge in [-0.2, -0.15) is 3.71 Å². The van der Waals surface area contributed by atoms with Crippen LogP contribution in [0.25, 0.3) is 0 Å². The summed E-state index contributed by atoms with van der Waals surface area (Å²) in [7, 11) is -12.6. The number of anilines is 1. The summed E-state index contributed by atoms with van der Waals surface area (Å²) in [5.74, 6) is -2.30. The van der Waals surface area contributed by atoms with E-state index in [0.29, 0.717) is 29.8 Å². The Hall–Kier alpha value is -3.01. The molecule has 12 nitrogen and oxygen atoms in total. The summed E-state index contributed by atoms with van der Waals surface area (Å²) in [4.78, 5) is 27.7. The smallest absolute Gasteiger partial charge is 0.264 e. The topological polar surface area (TPSA) is 161 Å². The molecule has 0 saturated carbocycles. The second kappa shape index (κ2) is 10.4. The number of hydrogen-bond acceptors (Lipinski definition) is 10. The highest BCUT2D eigenvalue weighted by Gasteiger charge is 2.45. The van der Waals surface area contributed by atoms with Crippen molar-refractivity contribution >= 4 is 47.4 Å². The van der Waals surface area contributed by atoms with Crippen LogP contribution in [0.15, 0.2) is 42.5 Å². The number of ether oxygens (including phenoxy) is 2. The monoisotopic (exact) mass is 574 g/mol. The van der Waals surface area contributed by atoms with E-state index >= 15 is 0 Å². The summed E-state index contributed by atoms with van der Waals surface area (Å²) in [6, 6.07) is 8.33. The predicted molar refractivity (Wildman–Crippen MR) is 135 cm³/mol. The third-order valence-corrected chi connectivity index (χ3v) is 9.40. The molecule has 0 N–H and O–H groups in total. The number of rotatable bonds is 11. The van der Waals surface area contributed by atoms with Crippen molar-refractivity contribution in [3.63, 3.8) is 0 Å². The molecule has 3 rings (SSSR count). The summed E-state index contributed by atoms with van der Waals surface area (Å²) >= 11 is 0. The summed E-state index contributed by atoms with van der Waals surface area (Å²) in [6.45, 7) is 2.08. The van der Waals surface area contributed by atoms with Gasteiger partial charge >= 0.3 is 0 Å². The number of benzene rings is 2. The molecular formula is C22H26N2O10S3. The number of sulfone groups is 1. The number of fused-ring (bicyclic) bond motifs is 1. The molecule has 0 spiro atoms. The van der Waals surface area contributed by atoms with Gasteiger partial charge in [-0.05, 0) is 36.8 Å². The van der Waals surface area contributed by atoms with Gasteiger partial charge in [0.25, 0.3) is 11.8 Å². The molecule has 202 valence electrons. The molecule has 1 aliphatic heterocycles. The van der Waals surface area contributed by atoms with Crippen molar-refractivity contribution in [3.8, 4) is 5.75 Å². The Balaban J connectivity index is 2.17. The standard InChI is InChI=1S/C22H26N2O10S3/c1-5-33-14-34-16-9-6-8-15(12-16)19(13-35(2,27)28)23-21(25)17-10-7-11-18(20(17)22(23)26)24(36(3,29)30)37(4,31)32/h6-12,19H,5,13-14H2,1-4H3. The Kier molecular flexibility index (Phi) is 8.02. The minimum atomic E-state index is -4.43. The number of carbonyl (C=O) groups excluding carboxylic acids is 2. The number of carbonyl (C=O) groups is 2. The molecule has 15 heteroatoms. The highest BCUT2D eigenvalue weighted by Crippen LogP contribution is 2.39. The molecule has 0 aliphatic carbocycles. The fraction of sp³-hybridized carbons (Fsp3) is 0.364. The fourth-order valence-corrected chi connectivity index (χ4v) is 7.84. The molecule has 0 saturated heterocycles. The maximum absolute atomic E-state index is 13.6. The van der Waals surface area contributed by atoms with Gasteiger partial charge in [-0.3, -0.25) is 14.5 Å². The first-order valence-corrected chi connectivity index (χ1v) is 16.5. The lowest BCUT2D eigenvalue weighted by atomic mass is 10.1. The Morgan fingerprint density at radius 3 is 2.08 bits per heavy atom. The molecule has 37 heavy (non-hydrogen) atoms. The molecule has 2 amide bonds. The van der Waals surface area contributed by atoms with Gasteiger partial charge in [-0.1, -0.05) is 18.2 Å². The number of sulfonamides is 2. The van der Waals surface area contributed by atoms with E-state index in [1.807, 2.05) is 0 Å². The van der Waals surface area contributed by atoms with Gasteiger partial charge in [0.2, 0.25) is 20.0 Å². The van der Waals surface area contributed by atoms with E-state index in [0.717, 1.165) is 12.3 Å². The van der Waals surface area contributed by atoms with Gasteiger partial charge in [0.05, 0.1) is 41.1 Å². The molecule has 1 atom stereocenters. The van der Waals surface area contributed by atoms with Gasteiger partial charge in [0, 0.05) is 12.9 Å². The molecule has 1 heterocycles. The third-order valence-electron chi connectivity index (χ3n) is 5.25. The van der Waals surface area contributed by atoms with Gasteiger partial charge in [-0.25, -0.2) is 25.3 Å². The predicted octanol–water partition coefficient (Wildman–Crippen LogP) is 1.17. The van der Waals surface area contributed by atoms with E-state index in [-0.39, 0.29) is 21.6 Å². The van der Waals surface area contributed by atoms with Gasteiger partial charge in [0.1, 0.15) is 15.6 Å². The Bertz CT molecular complexity index is 1520. The van der Waals surface area contributed by atoms with Crippen molar-refractivity contribution in [1.29, 1.82) is 0 Å². The zero-order valence-corrected chi connectivity index (χ0v) is 22.9. The zero-order chi connectivity index (χ0) is 27.8. The van der Waals surface area contributed by atoms with Crippen LogP contribution < -0.4 is 8.45 Å². The molecule has 0 aromatic heterocycles. The van der Waals surface area contributed by atoms with Crippen LogP contribution >= 0.6 is 0 Å². The van der Waals surface area contributed by atoms with Crippen molar-refractivity contribution in [2.45, 2.75) is 13.0 Å². The number of amides is 2. The van der Waals surface area contributed by atoms with Crippen molar-refractivity contribution in [3.05, 3.63) is 59.2 Å². The van der Waals surface area contributed by atoms with E-state index in [9.17, 15) is 34.8 Å². The quantitative estimate of drug-likeness (QED) is 0.216. The van der Waals surface area contributed by atoms with Crippen molar-refractivity contribution in [2.24, 2.45) is 0 Å². The van der Waals surface area contributed by atoms with Crippen LogP contribution in [0.2, 0.25) is 0 Å². The zero-order valence-electron chi connectivity index (χ0n) is 20.4. The van der Waals surface area contributed by atoms with E-state index in [1.54, 1.807) is 19.1 Å². The lowest BCUT2D eigenvalue weighted by Crippen LogP contribution is -2.39. The van der Waals surface area contributed by atoms with Crippen LogP contribution in [0, 0.1) is 0 Å².